The van der Waals surface area contributed by atoms with E-state index in [1.54, 1.807) is 0 Å². The van der Waals surface area contributed by atoms with Gasteiger partial charge in [-0.3, -0.25) is 4.79 Å². The summed E-state index contributed by atoms with van der Waals surface area (Å²) in [6.45, 7) is 4.47. The van der Waals surface area contributed by atoms with Crippen molar-refractivity contribution >= 4 is 5.97 Å². The van der Waals surface area contributed by atoms with Gasteiger partial charge in [0, 0.05) is 6.42 Å². The number of hydrogen-bond donors (Lipinski definition) is 14. The Balaban J connectivity index is 1.30. The molecule has 14 N–H and O–H groups in total. The van der Waals surface area contributed by atoms with Crippen molar-refractivity contribution in [1.82, 2.24) is 0 Å². The van der Waals surface area contributed by atoms with E-state index in [-0.39, 0.29) is 5.97 Å². The first-order valence-electron chi connectivity index (χ1n) is 25.5. The van der Waals surface area contributed by atoms with Gasteiger partial charge in [-0.05, 0) is 40.0 Å². The van der Waals surface area contributed by atoms with Crippen molar-refractivity contribution in [2.45, 2.75) is 270 Å². The summed E-state index contributed by atoms with van der Waals surface area (Å²) in [5.41, 5.74) is -3.00. The van der Waals surface area contributed by atoms with Crippen LogP contribution >= 0.6 is 0 Å². The molecule has 5 aliphatic heterocycles. The fourth-order valence-corrected chi connectivity index (χ4v) is 10.2. The van der Waals surface area contributed by atoms with E-state index in [9.17, 15) is 76.3 Å². The van der Waals surface area contributed by atoms with Gasteiger partial charge in [0.1, 0.15) is 104 Å². The summed E-state index contributed by atoms with van der Waals surface area (Å²) in [7, 11) is 1.37. The third kappa shape index (κ3) is 14.4. The molecule has 0 radical (unpaired) electrons. The number of esters is 1. The summed E-state index contributed by atoms with van der Waals surface area (Å²) in [5.74, 6) is -0.225. The van der Waals surface area contributed by atoms with Crippen molar-refractivity contribution in [1.29, 1.82) is 0 Å². The van der Waals surface area contributed by atoms with E-state index in [2.05, 4.69) is 6.92 Å². The number of aliphatic hydroxyl groups is 14. The normalized spacial score (nSPS) is 45.4. The molecular weight excluding hydrogens is 964 g/mol. The van der Waals surface area contributed by atoms with Gasteiger partial charge in [0.15, 0.2) is 30.8 Å². The average molecular weight is 1050 g/mol. The van der Waals surface area contributed by atoms with Crippen molar-refractivity contribution in [3.63, 3.8) is 0 Å². The minimum Gasteiger partial charge on any atom is -0.469 e. The number of carbonyl (C=O) groups is 1. The topological polar surface area (TPSA) is 393 Å². The van der Waals surface area contributed by atoms with Gasteiger partial charge in [-0.15, -0.1) is 0 Å². The lowest BCUT2D eigenvalue weighted by molar-refractivity contribution is -0.414. The highest BCUT2D eigenvalue weighted by molar-refractivity contribution is 5.68. The van der Waals surface area contributed by atoms with Gasteiger partial charge in [-0.1, -0.05) is 64.7 Å². The first-order chi connectivity index (χ1) is 34.2. The zero-order chi connectivity index (χ0) is 53.2. The van der Waals surface area contributed by atoms with Crippen molar-refractivity contribution in [2.75, 3.05) is 20.3 Å². The predicted octanol–water partition coefficient (Wildman–Crippen LogP) is -3.80. The third-order valence-electron chi connectivity index (χ3n) is 14.7. The van der Waals surface area contributed by atoms with Gasteiger partial charge in [0.2, 0.25) is 0 Å². The van der Waals surface area contributed by atoms with Gasteiger partial charge in [-0.2, -0.15) is 0 Å². The Bertz CT molecular complexity index is 1590. The SMILES string of the molecule is CCCCC[C@@H](CCCCCCCCCC(=O)OC)O[C@@H]1O[C@H](CO)[C@@H](O)[C@H](O)[C@H]1O[C@@H]1O[C@@H](C)[C@H](O[C@@H]2O[C@@H](C)[C@H](O[C@@H]3O[C@@H](C)[C@H](O)[C@@H](O)[C@H]3O)[C@](O)([C@@H]3O[C@H](CO)[C@@H](O)[C@H](O)[C@H]3O)[C@H]2O)[C@@H](O)[C@H]1O. The predicted molar refractivity (Wildman–Crippen MR) is 243 cm³/mol. The van der Waals surface area contributed by atoms with Crippen molar-refractivity contribution in [2.24, 2.45) is 0 Å². The highest BCUT2D eigenvalue weighted by Gasteiger charge is 2.66. The Morgan fingerprint density at radius 3 is 1.64 bits per heavy atom. The van der Waals surface area contributed by atoms with Crippen LogP contribution in [0.25, 0.3) is 0 Å². The molecule has 5 aliphatic rings. The Morgan fingerprint density at radius 1 is 0.514 bits per heavy atom. The molecule has 0 spiro atoms. The molecule has 5 rings (SSSR count). The molecule has 26 atom stereocenters. The molecule has 0 aromatic rings. The Hall–Kier alpha value is -1.45. The second-order valence-electron chi connectivity index (χ2n) is 20.0. The first-order valence-corrected chi connectivity index (χ1v) is 25.5. The van der Waals surface area contributed by atoms with E-state index in [0.29, 0.717) is 19.3 Å². The summed E-state index contributed by atoms with van der Waals surface area (Å²) < 4.78 is 58.4. The maximum Gasteiger partial charge on any atom is 0.305 e. The van der Waals surface area contributed by atoms with E-state index in [1.807, 2.05) is 0 Å². The fourth-order valence-electron chi connectivity index (χ4n) is 10.2. The number of hydrogen-bond acceptors (Lipinski definition) is 25. The Labute approximate surface area is 419 Å². The Morgan fingerprint density at radius 2 is 1.01 bits per heavy atom. The van der Waals surface area contributed by atoms with E-state index >= 15 is 0 Å². The number of carbonyl (C=O) groups excluding carboxylic acids is 1. The van der Waals surface area contributed by atoms with Crippen molar-refractivity contribution in [3.05, 3.63) is 0 Å². The molecule has 0 saturated carbocycles. The zero-order valence-corrected chi connectivity index (χ0v) is 41.8. The van der Waals surface area contributed by atoms with E-state index in [1.165, 1.54) is 27.9 Å². The van der Waals surface area contributed by atoms with Gasteiger partial charge >= 0.3 is 5.97 Å². The molecule has 72 heavy (non-hydrogen) atoms. The maximum absolute atomic E-state index is 12.6. The van der Waals surface area contributed by atoms with Crippen LogP contribution in [0, 0.1) is 0 Å². The standard InChI is InChI=1S/C47H84O25/c1-6-7-13-16-24(17-14-11-9-8-10-12-15-18-27(50)63-5)67-45-39(33(56)30(53)26(20-49)69-45)71-43-37(60)34(57)38(22(3)65-43)70-46-40(61)47(62,42-35(58)32(55)29(52)25(19-48)68-42)41(23(4)66-46)72-44-36(59)31(54)28(51)21(2)64-44/h21-26,28-46,48-49,51-62H,6-20H2,1-5H3/t21-,22-,23-,24-,25+,26+,28-,29+,30+,31+,32-,33-,34-,35+,36+,37+,38-,39+,40-,41-,42+,43-,44-,45+,46-,47-/m0/s1. The zero-order valence-electron chi connectivity index (χ0n) is 41.8. The van der Waals surface area contributed by atoms with Gasteiger partial charge < -0.3 is 119 Å². The van der Waals surface area contributed by atoms with Crippen LogP contribution in [-0.2, 0) is 52.2 Å². The molecular formula is C47H84O25. The van der Waals surface area contributed by atoms with Gasteiger partial charge in [0.05, 0.1) is 44.7 Å². The molecule has 422 valence electrons. The first kappa shape index (κ1) is 61.4. The summed E-state index contributed by atoms with van der Waals surface area (Å²) >= 11 is 0. The monoisotopic (exact) mass is 1050 g/mol. The largest absolute Gasteiger partial charge is 0.469 e. The fraction of sp³-hybridized carbons (Fsp3) is 0.979. The second-order valence-corrected chi connectivity index (χ2v) is 20.0. The number of aliphatic hydroxyl groups excluding tert-OH is 13. The van der Waals surface area contributed by atoms with Crippen LogP contribution in [0.5, 0.6) is 0 Å². The summed E-state index contributed by atoms with van der Waals surface area (Å²) in [6.07, 6.45) is -32.2. The van der Waals surface area contributed by atoms with Crippen LogP contribution in [0.2, 0.25) is 0 Å². The third-order valence-corrected chi connectivity index (χ3v) is 14.7. The highest BCUT2D eigenvalue weighted by atomic mass is 16.8. The maximum atomic E-state index is 12.6. The molecule has 0 aromatic heterocycles. The van der Waals surface area contributed by atoms with E-state index in [4.69, 9.17) is 47.4 Å². The molecule has 0 aromatic carbocycles. The molecule has 25 nitrogen and oxygen atoms in total. The molecule has 25 heteroatoms. The molecule has 5 saturated heterocycles. The number of rotatable bonds is 25. The van der Waals surface area contributed by atoms with Crippen LogP contribution in [0.15, 0.2) is 0 Å². The highest BCUT2D eigenvalue weighted by Crippen LogP contribution is 2.43. The Kier molecular flexibility index (Phi) is 24.1. The molecule has 5 fully saturated rings. The summed E-state index contributed by atoms with van der Waals surface area (Å²) in [5, 5.41) is 155. The van der Waals surface area contributed by atoms with Crippen molar-refractivity contribution in [3.8, 4) is 0 Å². The lowest BCUT2D eigenvalue weighted by Crippen LogP contribution is -2.78. The smallest absolute Gasteiger partial charge is 0.305 e. The molecule has 0 amide bonds. The average Bonchev–Trinajstić information content (AvgIpc) is 3.36. The minimum atomic E-state index is -3.00. The lowest BCUT2D eigenvalue weighted by Gasteiger charge is -2.56. The van der Waals surface area contributed by atoms with Crippen LogP contribution in [0.1, 0.15) is 111 Å². The van der Waals surface area contributed by atoms with Gasteiger partial charge in [-0.25, -0.2) is 0 Å². The van der Waals surface area contributed by atoms with Crippen LogP contribution in [-0.4, -0.2) is 257 Å². The van der Waals surface area contributed by atoms with Crippen LogP contribution < -0.4 is 0 Å². The van der Waals surface area contributed by atoms with Crippen molar-refractivity contribution < 1.29 is 124 Å². The molecule has 5 heterocycles. The molecule has 0 aliphatic carbocycles. The minimum absolute atomic E-state index is 0.225. The van der Waals surface area contributed by atoms with Gasteiger partial charge in [0.25, 0.3) is 0 Å². The molecule has 0 unspecified atom stereocenters. The number of methoxy groups -OCH3 is 1. The number of unbranched alkanes of at least 4 members (excludes halogenated alkanes) is 8. The second kappa shape index (κ2) is 28.3. The lowest BCUT2D eigenvalue weighted by atomic mass is 9.74. The van der Waals surface area contributed by atoms with E-state index < -0.39 is 172 Å². The summed E-state index contributed by atoms with van der Waals surface area (Å²) in [4.78, 5) is 11.4. The van der Waals surface area contributed by atoms with Crippen LogP contribution in [0.3, 0.4) is 0 Å². The van der Waals surface area contributed by atoms with Crippen LogP contribution in [0.4, 0.5) is 0 Å². The number of ether oxygens (including phenoxy) is 10. The molecule has 0 bridgehead atoms. The van der Waals surface area contributed by atoms with E-state index in [0.717, 1.165) is 64.2 Å². The summed E-state index contributed by atoms with van der Waals surface area (Å²) in [6, 6.07) is 0. The quantitative estimate of drug-likeness (QED) is 0.0308.